The quantitative estimate of drug-likeness (QED) is 0.495. The summed E-state index contributed by atoms with van der Waals surface area (Å²) in [5.74, 6) is -0.456. The molecule has 1 atom stereocenters. The fraction of sp³-hybridized carbons (Fsp3) is 0.118. The molecule has 0 spiro atoms. The molecule has 0 radical (unpaired) electrons. The standard InChI is InChI=1S/C17H14BrNO4S3/c1-11(14-3-2-10-24-14)23-17(20)12-4-6-13(7-5-12)19-26(21,22)16-9-8-15(18)25-16/h2-11,19H,1H3. The van der Waals surface area contributed by atoms with E-state index in [-0.39, 0.29) is 10.3 Å². The van der Waals surface area contributed by atoms with Crippen molar-refractivity contribution >= 4 is 60.3 Å². The van der Waals surface area contributed by atoms with Gasteiger partial charge >= 0.3 is 5.97 Å². The van der Waals surface area contributed by atoms with E-state index in [1.165, 1.54) is 41.7 Å². The number of benzene rings is 1. The largest absolute Gasteiger partial charge is 0.453 e. The SMILES string of the molecule is CC(OC(=O)c1ccc(NS(=O)(=O)c2ccc(Br)s2)cc1)c1cccs1. The Hall–Kier alpha value is -1.68. The summed E-state index contributed by atoms with van der Waals surface area (Å²) in [5.41, 5.74) is 0.729. The number of esters is 1. The van der Waals surface area contributed by atoms with E-state index < -0.39 is 16.0 Å². The zero-order valence-corrected chi connectivity index (χ0v) is 17.5. The molecule has 1 N–H and O–H groups in total. The molecule has 0 saturated heterocycles. The number of carbonyl (C=O) groups excluding carboxylic acids is 1. The molecule has 0 bridgehead atoms. The Balaban J connectivity index is 1.67. The van der Waals surface area contributed by atoms with Gasteiger partial charge in [0.05, 0.1) is 9.35 Å². The van der Waals surface area contributed by atoms with Crippen LogP contribution in [0, 0.1) is 0 Å². The third kappa shape index (κ3) is 4.53. The van der Waals surface area contributed by atoms with Gasteiger partial charge in [-0.2, -0.15) is 0 Å². The summed E-state index contributed by atoms with van der Waals surface area (Å²) in [6, 6.07) is 13.1. The van der Waals surface area contributed by atoms with Crippen LogP contribution >= 0.6 is 38.6 Å². The Kier molecular flexibility index (Phi) is 5.81. The summed E-state index contributed by atoms with van der Waals surface area (Å²) in [7, 11) is -3.65. The lowest BCUT2D eigenvalue weighted by molar-refractivity contribution is 0.0345. The van der Waals surface area contributed by atoms with Crippen molar-refractivity contribution in [3.05, 3.63) is 68.1 Å². The number of hydrogen-bond acceptors (Lipinski definition) is 6. The Morgan fingerprint density at radius 1 is 1.15 bits per heavy atom. The minimum atomic E-state index is -3.65. The number of anilines is 1. The number of carbonyl (C=O) groups is 1. The molecule has 5 nitrogen and oxygen atoms in total. The Bertz CT molecular complexity index is 995. The van der Waals surface area contributed by atoms with E-state index >= 15 is 0 Å². The van der Waals surface area contributed by atoms with Crippen molar-refractivity contribution in [2.24, 2.45) is 0 Å². The van der Waals surface area contributed by atoms with Gasteiger partial charge < -0.3 is 4.74 Å². The number of sulfonamides is 1. The second-order valence-corrected chi connectivity index (χ2v) is 10.7. The molecule has 0 amide bonds. The van der Waals surface area contributed by atoms with Crippen LogP contribution in [0.5, 0.6) is 0 Å². The molecule has 0 fully saturated rings. The van der Waals surface area contributed by atoms with Crippen LogP contribution in [0.2, 0.25) is 0 Å². The second-order valence-electron chi connectivity index (χ2n) is 5.30. The fourth-order valence-electron chi connectivity index (χ4n) is 2.13. The maximum atomic E-state index is 12.3. The summed E-state index contributed by atoms with van der Waals surface area (Å²) in [5, 5.41) is 1.92. The molecule has 26 heavy (non-hydrogen) atoms. The number of ether oxygens (including phenoxy) is 1. The molecule has 3 aromatic rings. The maximum absolute atomic E-state index is 12.3. The maximum Gasteiger partial charge on any atom is 0.338 e. The van der Waals surface area contributed by atoms with Crippen molar-refractivity contribution in [1.29, 1.82) is 0 Å². The zero-order valence-electron chi connectivity index (χ0n) is 13.5. The minimum Gasteiger partial charge on any atom is -0.453 e. The molecule has 2 heterocycles. The van der Waals surface area contributed by atoms with E-state index in [9.17, 15) is 13.2 Å². The van der Waals surface area contributed by atoms with E-state index in [0.717, 1.165) is 20.0 Å². The minimum absolute atomic E-state index is 0.206. The van der Waals surface area contributed by atoms with Crippen LogP contribution in [-0.2, 0) is 14.8 Å². The van der Waals surface area contributed by atoms with E-state index in [1.54, 1.807) is 6.07 Å². The van der Waals surface area contributed by atoms with Crippen LogP contribution in [-0.4, -0.2) is 14.4 Å². The van der Waals surface area contributed by atoms with E-state index in [0.29, 0.717) is 11.3 Å². The van der Waals surface area contributed by atoms with Gasteiger partial charge in [0.2, 0.25) is 0 Å². The molecular formula is C17H14BrNO4S3. The van der Waals surface area contributed by atoms with Gasteiger partial charge in [-0.3, -0.25) is 4.72 Å². The van der Waals surface area contributed by atoms with Gasteiger partial charge in [0, 0.05) is 10.6 Å². The first kappa shape index (κ1) is 19.1. The number of thiophene rings is 2. The van der Waals surface area contributed by atoms with Gasteiger partial charge in [-0.05, 0) is 70.7 Å². The van der Waals surface area contributed by atoms with Gasteiger partial charge in [0.15, 0.2) is 0 Å². The van der Waals surface area contributed by atoms with Crippen molar-refractivity contribution in [3.63, 3.8) is 0 Å². The fourth-order valence-corrected chi connectivity index (χ4v) is 5.91. The number of hydrogen-bond donors (Lipinski definition) is 1. The average molecular weight is 472 g/mol. The van der Waals surface area contributed by atoms with Crippen LogP contribution in [0.25, 0.3) is 0 Å². The first-order valence-electron chi connectivity index (χ1n) is 7.48. The zero-order chi connectivity index (χ0) is 18.7. The number of rotatable bonds is 6. The smallest absolute Gasteiger partial charge is 0.338 e. The van der Waals surface area contributed by atoms with Crippen molar-refractivity contribution in [2.75, 3.05) is 4.72 Å². The molecule has 2 aromatic heterocycles. The predicted octanol–water partition coefficient (Wildman–Crippen LogP) is 5.29. The number of nitrogens with one attached hydrogen (secondary N) is 1. The van der Waals surface area contributed by atoms with Crippen molar-refractivity contribution < 1.29 is 17.9 Å². The molecule has 1 aromatic carbocycles. The molecule has 3 rings (SSSR count). The van der Waals surface area contributed by atoms with E-state index in [2.05, 4.69) is 20.7 Å². The second kappa shape index (κ2) is 7.91. The molecule has 0 aliphatic rings. The van der Waals surface area contributed by atoms with Gasteiger partial charge in [-0.15, -0.1) is 22.7 Å². The Morgan fingerprint density at radius 3 is 2.46 bits per heavy atom. The lowest BCUT2D eigenvalue weighted by atomic mass is 10.2. The van der Waals surface area contributed by atoms with Crippen LogP contribution in [0.3, 0.4) is 0 Å². The van der Waals surface area contributed by atoms with Gasteiger partial charge in [-0.1, -0.05) is 6.07 Å². The van der Waals surface area contributed by atoms with Crippen LogP contribution in [0.15, 0.2) is 61.9 Å². The van der Waals surface area contributed by atoms with E-state index in [1.807, 2.05) is 24.4 Å². The predicted molar refractivity (Wildman–Crippen MR) is 107 cm³/mol. The monoisotopic (exact) mass is 471 g/mol. The highest BCUT2D eigenvalue weighted by atomic mass is 79.9. The summed E-state index contributed by atoms with van der Waals surface area (Å²) < 4.78 is 33.4. The van der Waals surface area contributed by atoms with Gasteiger partial charge in [-0.25, -0.2) is 13.2 Å². The highest BCUT2D eigenvalue weighted by molar-refractivity contribution is 9.11. The van der Waals surface area contributed by atoms with Crippen LogP contribution in [0.4, 0.5) is 5.69 Å². The highest BCUT2D eigenvalue weighted by Gasteiger charge is 2.18. The number of halogens is 1. The van der Waals surface area contributed by atoms with Crippen LogP contribution < -0.4 is 4.72 Å². The van der Waals surface area contributed by atoms with Gasteiger partial charge in [0.1, 0.15) is 10.3 Å². The summed E-state index contributed by atoms with van der Waals surface area (Å²) >= 11 is 5.89. The Labute approximate surface area is 167 Å². The topological polar surface area (TPSA) is 72.5 Å². The van der Waals surface area contributed by atoms with Crippen molar-refractivity contribution in [2.45, 2.75) is 17.2 Å². The summed E-state index contributed by atoms with van der Waals surface area (Å²) in [6.07, 6.45) is -0.335. The third-order valence-corrected chi connectivity index (χ3v) is 7.94. The van der Waals surface area contributed by atoms with Crippen molar-refractivity contribution in [1.82, 2.24) is 0 Å². The summed E-state index contributed by atoms with van der Waals surface area (Å²) in [4.78, 5) is 13.2. The van der Waals surface area contributed by atoms with E-state index in [4.69, 9.17) is 4.74 Å². The molecule has 0 aliphatic carbocycles. The molecule has 1 unspecified atom stereocenters. The normalized spacial score (nSPS) is 12.5. The average Bonchev–Trinajstić information content (AvgIpc) is 3.26. The molecule has 9 heteroatoms. The molecule has 136 valence electrons. The first-order chi connectivity index (χ1) is 12.3. The van der Waals surface area contributed by atoms with Crippen LogP contribution in [0.1, 0.15) is 28.3 Å². The molecule has 0 saturated carbocycles. The van der Waals surface area contributed by atoms with Crippen molar-refractivity contribution in [3.8, 4) is 0 Å². The van der Waals surface area contributed by atoms with Gasteiger partial charge in [0.25, 0.3) is 10.0 Å². The first-order valence-corrected chi connectivity index (χ1v) is 11.4. The summed E-state index contributed by atoms with van der Waals surface area (Å²) in [6.45, 7) is 1.81. The Morgan fingerprint density at radius 2 is 1.88 bits per heavy atom. The third-order valence-electron chi connectivity index (χ3n) is 3.41. The lowest BCUT2D eigenvalue weighted by Gasteiger charge is -2.12. The highest BCUT2D eigenvalue weighted by Crippen LogP contribution is 2.28. The molecule has 0 aliphatic heterocycles. The molecular weight excluding hydrogens is 458 g/mol. The lowest BCUT2D eigenvalue weighted by Crippen LogP contribution is -2.12.